The van der Waals surface area contributed by atoms with E-state index in [1.165, 1.54) is 0 Å². The highest BCUT2D eigenvalue weighted by atomic mass is 19.2. The molecule has 27 heavy (non-hydrogen) atoms. The van der Waals surface area contributed by atoms with Gasteiger partial charge in [-0.25, -0.2) is 18.6 Å². The fourth-order valence-electron chi connectivity index (χ4n) is 1.61. The Kier molecular flexibility index (Phi) is 11.5. The first kappa shape index (κ1) is 23.2. The molecule has 7 nitrogen and oxygen atoms in total. The lowest BCUT2D eigenvalue weighted by molar-refractivity contribution is -0.299. The third-order valence-electron chi connectivity index (χ3n) is 2.88. The summed E-state index contributed by atoms with van der Waals surface area (Å²) in [7, 11) is 1.56. The second-order valence-electron chi connectivity index (χ2n) is 4.88. The quantitative estimate of drug-likeness (QED) is 0.0902. The van der Waals surface area contributed by atoms with Crippen molar-refractivity contribution in [1.82, 2.24) is 0 Å². The van der Waals surface area contributed by atoms with Crippen LogP contribution in [0.15, 0.2) is 6.07 Å². The first-order valence-electron chi connectivity index (χ1n) is 7.89. The van der Waals surface area contributed by atoms with E-state index in [0.717, 1.165) is 0 Å². The van der Waals surface area contributed by atoms with Gasteiger partial charge in [-0.05, 0) is 0 Å². The van der Waals surface area contributed by atoms with Crippen LogP contribution in [0.3, 0.4) is 0 Å². The molecule has 0 bridgehead atoms. The zero-order chi connectivity index (χ0) is 20.1. The molecular weight excluding hydrogens is 380 g/mol. The second kappa shape index (κ2) is 13.4. The Morgan fingerprint density at radius 3 is 1.93 bits per heavy atom. The van der Waals surface area contributed by atoms with Crippen LogP contribution < -0.4 is 4.74 Å². The van der Waals surface area contributed by atoms with E-state index in [1.54, 1.807) is 7.11 Å². The molecule has 0 aliphatic rings. The molecule has 11 heteroatoms. The molecule has 0 aromatic heterocycles. The number of hydrogen-bond acceptors (Lipinski definition) is 7. The molecule has 0 spiro atoms. The van der Waals surface area contributed by atoms with Crippen molar-refractivity contribution in [1.29, 1.82) is 0 Å². The summed E-state index contributed by atoms with van der Waals surface area (Å²) in [6, 6.07) is 0.00672. The van der Waals surface area contributed by atoms with Gasteiger partial charge in [-0.1, -0.05) is 0 Å². The molecule has 0 saturated heterocycles. The van der Waals surface area contributed by atoms with Crippen LogP contribution in [0, 0.1) is 23.3 Å². The summed E-state index contributed by atoms with van der Waals surface area (Å²) in [5.41, 5.74) is 0. The number of halogens is 4. The van der Waals surface area contributed by atoms with Crippen molar-refractivity contribution < 1.29 is 51.1 Å². The number of carbonyl (C=O) groups is 1. The first-order valence-corrected chi connectivity index (χ1v) is 7.89. The SMILES string of the molecule is COCCOCCOCCOOCCC(=O)Oc1c(F)c(F)cc(F)c1F. The molecule has 1 rings (SSSR count). The lowest BCUT2D eigenvalue weighted by Gasteiger charge is -2.08. The van der Waals surface area contributed by atoms with Crippen LogP contribution in [-0.4, -0.2) is 59.3 Å². The maximum atomic E-state index is 13.3. The maximum Gasteiger partial charge on any atom is 0.313 e. The van der Waals surface area contributed by atoms with Crippen LogP contribution >= 0.6 is 0 Å². The molecule has 0 atom stereocenters. The van der Waals surface area contributed by atoms with Gasteiger partial charge < -0.3 is 18.9 Å². The van der Waals surface area contributed by atoms with E-state index in [9.17, 15) is 22.4 Å². The predicted octanol–water partition coefficient (Wildman–Crippen LogP) is 2.17. The monoisotopic (exact) mass is 400 g/mol. The van der Waals surface area contributed by atoms with Gasteiger partial charge in [0.2, 0.25) is 17.4 Å². The van der Waals surface area contributed by atoms with Gasteiger partial charge >= 0.3 is 5.97 Å². The second-order valence-corrected chi connectivity index (χ2v) is 4.88. The summed E-state index contributed by atoms with van der Waals surface area (Å²) < 4.78 is 72.0. The lowest BCUT2D eigenvalue weighted by atomic mass is 10.3. The van der Waals surface area contributed by atoms with Crippen LogP contribution in [0.2, 0.25) is 0 Å². The summed E-state index contributed by atoms with van der Waals surface area (Å²) in [4.78, 5) is 20.8. The Morgan fingerprint density at radius 1 is 0.815 bits per heavy atom. The molecule has 0 amide bonds. The number of hydrogen-bond donors (Lipinski definition) is 0. The van der Waals surface area contributed by atoms with Crippen molar-refractivity contribution in [3.63, 3.8) is 0 Å². The highest BCUT2D eigenvalue weighted by molar-refractivity contribution is 5.72. The number of carbonyl (C=O) groups excluding carboxylic acids is 1. The van der Waals surface area contributed by atoms with Gasteiger partial charge in [-0.3, -0.25) is 4.79 Å². The van der Waals surface area contributed by atoms with E-state index < -0.39 is 41.4 Å². The number of methoxy groups -OCH3 is 1. The molecule has 0 aliphatic carbocycles. The van der Waals surface area contributed by atoms with Gasteiger partial charge in [-0.2, -0.15) is 8.78 Å². The van der Waals surface area contributed by atoms with Crippen LogP contribution in [0.1, 0.15) is 6.42 Å². The lowest BCUT2D eigenvalue weighted by Crippen LogP contribution is -2.15. The molecule has 0 fully saturated rings. The van der Waals surface area contributed by atoms with Gasteiger partial charge in [0.25, 0.3) is 0 Å². The van der Waals surface area contributed by atoms with E-state index in [2.05, 4.69) is 9.62 Å². The maximum absolute atomic E-state index is 13.3. The summed E-state index contributed by atoms with van der Waals surface area (Å²) in [5.74, 6) is -9.57. The molecule has 0 unspecified atom stereocenters. The Hall–Kier alpha value is -1.79. The zero-order valence-corrected chi connectivity index (χ0v) is 14.6. The van der Waals surface area contributed by atoms with E-state index >= 15 is 0 Å². The number of esters is 1. The Labute approximate surface area is 153 Å². The van der Waals surface area contributed by atoms with Crippen LogP contribution in [0.4, 0.5) is 17.6 Å². The van der Waals surface area contributed by atoms with E-state index in [0.29, 0.717) is 26.4 Å². The van der Waals surface area contributed by atoms with Crippen molar-refractivity contribution >= 4 is 5.97 Å². The fourth-order valence-corrected chi connectivity index (χ4v) is 1.61. The van der Waals surface area contributed by atoms with Gasteiger partial charge in [0.1, 0.15) is 6.61 Å². The van der Waals surface area contributed by atoms with Crippen LogP contribution in [0.5, 0.6) is 5.75 Å². The van der Waals surface area contributed by atoms with E-state index in [4.69, 9.17) is 19.1 Å². The Morgan fingerprint density at radius 2 is 1.33 bits per heavy atom. The van der Waals surface area contributed by atoms with Crippen LogP contribution in [-0.2, 0) is 28.8 Å². The minimum Gasteiger partial charge on any atom is -0.420 e. The third-order valence-corrected chi connectivity index (χ3v) is 2.88. The Balaban J connectivity index is 2.10. The van der Waals surface area contributed by atoms with Gasteiger partial charge in [0, 0.05) is 13.2 Å². The van der Waals surface area contributed by atoms with Crippen molar-refractivity contribution in [2.45, 2.75) is 6.42 Å². The van der Waals surface area contributed by atoms with Gasteiger partial charge in [0.05, 0.1) is 46.1 Å². The van der Waals surface area contributed by atoms with Crippen LogP contribution in [0.25, 0.3) is 0 Å². The molecule has 0 N–H and O–H groups in total. The number of rotatable bonds is 14. The van der Waals surface area contributed by atoms with Crippen molar-refractivity contribution in [2.75, 3.05) is 53.4 Å². The predicted molar refractivity (Wildman–Crippen MR) is 81.9 cm³/mol. The molecule has 0 aliphatic heterocycles. The van der Waals surface area contributed by atoms with Crippen molar-refractivity contribution in [3.05, 3.63) is 29.3 Å². The van der Waals surface area contributed by atoms with E-state index in [-0.39, 0.29) is 25.9 Å². The van der Waals surface area contributed by atoms with Gasteiger partial charge in [0.15, 0.2) is 11.6 Å². The molecule has 154 valence electrons. The molecule has 0 saturated carbocycles. The summed E-state index contributed by atoms with van der Waals surface area (Å²) in [6.07, 6.45) is -0.467. The highest BCUT2D eigenvalue weighted by Crippen LogP contribution is 2.26. The van der Waals surface area contributed by atoms with Crippen molar-refractivity contribution in [2.24, 2.45) is 0 Å². The fraction of sp³-hybridized carbons (Fsp3) is 0.562. The zero-order valence-electron chi connectivity index (χ0n) is 14.6. The smallest absolute Gasteiger partial charge is 0.313 e. The number of ether oxygens (including phenoxy) is 4. The average molecular weight is 400 g/mol. The van der Waals surface area contributed by atoms with Gasteiger partial charge in [-0.15, -0.1) is 0 Å². The summed E-state index contributed by atoms with van der Waals surface area (Å²) >= 11 is 0. The Bertz CT molecular complexity index is 560. The first-order chi connectivity index (χ1) is 13.0. The highest BCUT2D eigenvalue weighted by Gasteiger charge is 2.22. The third kappa shape index (κ3) is 9.11. The number of benzene rings is 1. The normalized spacial score (nSPS) is 11.0. The largest absolute Gasteiger partial charge is 0.420 e. The minimum atomic E-state index is -1.80. The average Bonchev–Trinajstić information content (AvgIpc) is 2.64. The minimum absolute atomic E-state index is 0.00672. The van der Waals surface area contributed by atoms with Crippen molar-refractivity contribution in [3.8, 4) is 5.75 Å². The standard InChI is InChI=1S/C16H20F4O7/c1-22-4-5-23-6-7-24-8-9-26-25-3-2-13(21)27-16-14(19)11(17)10-12(18)15(16)20/h10H,2-9H2,1H3. The molecular formula is C16H20F4O7. The topological polar surface area (TPSA) is 72.5 Å². The summed E-state index contributed by atoms with van der Waals surface area (Å²) in [5, 5.41) is 0. The van der Waals surface area contributed by atoms with E-state index in [1.807, 2.05) is 0 Å². The molecule has 1 aromatic rings. The summed E-state index contributed by atoms with van der Waals surface area (Å²) in [6.45, 7) is 1.66. The molecule has 0 heterocycles. The molecule has 1 aromatic carbocycles. The molecule has 0 radical (unpaired) electrons.